The Morgan fingerprint density at radius 3 is 2.33 bits per heavy atom. The molecule has 0 heterocycles. The van der Waals surface area contributed by atoms with Crippen LogP contribution < -0.4 is 19.5 Å². The average molecular weight is 426 g/mol. The highest BCUT2D eigenvalue weighted by atomic mass is 35.5. The van der Waals surface area contributed by atoms with Crippen LogP contribution in [-0.2, 0) is 19.6 Å². The third kappa shape index (κ3) is 6.15. The molecule has 0 aliphatic heterocycles. The number of methoxy groups -OCH3 is 1. The van der Waals surface area contributed by atoms with Crippen molar-refractivity contribution in [3.63, 3.8) is 0 Å². The van der Waals surface area contributed by atoms with Crippen LogP contribution in [0, 0.1) is 0 Å². The Balaban J connectivity index is 1.61. The zero-order valence-electron chi connectivity index (χ0n) is 17.5. The molecule has 5 heteroatoms. The molecule has 0 atom stereocenters. The van der Waals surface area contributed by atoms with E-state index in [2.05, 4.69) is 11.4 Å². The van der Waals surface area contributed by atoms with Crippen LogP contribution in [0.1, 0.15) is 23.6 Å². The van der Waals surface area contributed by atoms with E-state index in [1.54, 1.807) is 7.11 Å². The van der Waals surface area contributed by atoms with Crippen molar-refractivity contribution in [2.24, 2.45) is 0 Å². The normalized spacial score (nSPS) is 10.6. The van der Waals surface area contributed by atoms with Gasteiger partial charge in [-0.2, -0.15) is 0 Å². The number of para-hydroxylation sites is 1. The van der Waals surface area contributed by atoms with Gasteiger partial charge < -0.3 is 19.5 Å². The Morgan fingerprint density at radius 2 is 1.57 bits per heavy atom. The molecule has 0 aromatic heterocycles. The first-order valence-corrected chi connectivity index (χ1v) is 10.5. The molecule has 0 radical (unpaired) electrons. The van der Waals surface area contributed by atoms with E-state index in [-0.39, 0.29) is 0 Å². The van der Waals surface area contributed by atoms with Gasteiger partial charge in [0.25, 0.3) is 0 Å². The molecule has 0 aliphatic carbocycles. The Bertz CT molecular complexity index is 931. The van der Waals surface area contributed by atoms with Crippen LogP contribution in [0.4, 0.5) is 0 Å². The average Bonchev–Trinajstić information content (AvgIpc) is 2.78. The molecule has 4 nitrogen and oxygen atoms in total. The van der Waals surface area contributed by atoms with Crippen LogP contribution in [-0.4, -0.2) is 20.3 Å². The lowest BCUT2D eigenvalue weighted by Gasteiger charge is -2.15. The Morgan fingerprint density at radius 1 is 0.833 bits per heavy atom. The fourth-order valence-electron chi connectivity index (χ4n) is 3.18. The summed E-state index contributed by atoms with van der Waals surface area (Å²) in [6, 6.07) is 21.9. The highest BCUT2D eigenvalue weighted by Gasteiger charge is 2.12. The maximum Gasteiger partial charge on any atom is 0.163 e. The number of hydrogen-bond acceptors (Lipinski definition) is 4. The van der Waals surface area contributed by atoms with Crippen LogP contribution in [0.3, 0.4) is 0 Å². The van der Waals surface area contributed by atoms with E-state index in [4.69, 9.17) is 25.8 Å². The summed E-state index contributed by atoms with van der Waals surface area (Å²) in [5.41, 5.74) is 3.25. The second kappa shape index (κ2) is 11.5. The molecule has 158 valence electrons. The molecule has 3 aromatic rings. The quantitative estimate of drug-likeness (QED) is 0.402. The van der Waals surface area contributed by atoms with E-state index in [9.17, 15) is 0 Å². The summed E-state index contributed by atoms with van der Waals surface area (Å²) < 4.78 is 17.2. The molecule has 0 amide bonds. The third-order valence-corrected chi connectivity index (χ3v) is 5.08. The van der Waals surface area contributed by atoms with Gasteiger partial charge in [0.1, 0.15) is 12.4 Å². The van der Waals surface area contributed by atoms with E-state index in [0.717, 1.165) is 29.8 Å². The Labute approximate surface area is 183 Å². The molecule has 0 saturated carbocycles. The first-order chi connectivity index (χ1) is 14.7. The predicted molar refractivity (Wildman–Crippen MR) is 122 cm³/mol. The van der Waals surface area contributed by atoms with Crippen LogP contribution in [0.2, 0.25) is 5.02 Å². The van der Waals surface area contributed by atoms with E-state index >= 15 is 0 Å². The van der Waals surface area contributed by atoms with Crippen molar-refractivity contribution in [2.45, 2.75) is 26.5 Å². The van der Waals surface area contributed by atoms with Crippen LogP contribution >= 0.6 is 11.6 Å². The van der Waals surface area contributed by atoms with Crippen molar-refractivity contribution in [1.82, 2.24) is 5.32 Å². The summed E-state index contributed by atoms with van der Waals surface area (Å²) in [4.78, 5) is 0. The number of halogens is 1. The second-order valence-electron chi connectivity index (χ2n) is 6.84. The Kier molecular flexibility index (Phi) is 8.42. The standard InChI is InChI=1S/C25H28ClNO3/c1-3-29-24-15-21(17-27-14-13-20-11-7-8-12-23(20)28-2)22(26)16-25(24)30-18-19-9-5-4-6-10-19/h4-12,15-16,27H,3,13-14,17-18H2,1-2H3. The molecule has 30 heavy (non-hydrogen) atoms. The Hall–Kier alpha value is -2.69. The van der Waals surface area contributed by atoms with E-state index in [1.165, 1.54) is 5.56 Å². The largest absolute Gasteiger partial charge is 0.496 e. The maximum absolute atomic E-state index is 6.53. The van der Waals surface area contributed by atoms with Gasteiger partial charge in [-0.3, -0.25) is 0 Å². The van der Waals surface area contributed by atoms with E-state index < -0.39 is 0 Å². The molecular formula is C25H28ClNO3. The molecule has 0 saturated heterocycles. The minimum atomic E-state index is 0.466. The number of hydrogen-bond donors (Lipinski definition) is 1. The minimum absolute atomic E-state index is 0.466. The van der Waals surface area contributed by atoms with Gasteiger partial charge >= 0.3 is 0 Å². The first kappa shape index (κ1) is 22.0. The molecule has 0 bridgehead atoms. The maximum atomic E-state index is 6.53. The lowest BCUT2D eigenvalue weighted by molar-refractivity contribution is 0.269. The molecular weight excluding hydrogens is 398 g/mol. The first-order valence-electron chi connectivity index (χ1n) is 10.2. The van der Waals surface area contributed by atoms with Crippen LogP contribution in [0.25, 0.3) is 0 Å². The van der Waals surface area contributed by atoms with Gasteiger partial charge in [-0.05, 0) is 48.7 Å². The zero-order valence-corrected chi connectivity index (χ0v) is 18.2. The fourth-order valence-corrected chi connectivity index (χ4v) is 3.41. The van der Waals surface area contributed by atoms with Crippen molar-refractivity contribution in [2.75, 3.05) is 20.3 Å². The molecule has 0 spiro atoms. The van der Waals surface area contributed by atoms with Crippen molar-refractivity contribution in [3.05, 3.63) is 88.4 Å². The van der Waals surface area contributed by atoms with E-state index in [1.807, 2.05) is 67.6 Å². The van der Waals surface area contributed by atoms with Crippen molar-refractivity contribution < 1.29 is 14.2 Å². The molecule has 1 N–H and O–H groups in total. The van der Waals surface area contributed by atoms with Crippen LogP contribution in [0.15, 0.2) is 66.7 Å². The van der Waals surface area contributed by atoms with Crippen molar-refractivity contribution in [3.8, 4) is 17.2 Å². The predicted octanol–water partition coefficient (Wildman–Crippen LogP) is 5.66. The lowest BCUT2D eigenvalue weighted by Crippen LogP contribution is -2.17. The monoisotopic (exact) mass is 425 g/mol. The molecule has 3 aromatic carbocycles. The molecule has 0 fully saturated rings. The summed E-state index contributed by atoms with van der Waals surface area (Å²) in [5, 5.41) is 4.11. The van der Waals surface area contributed by atoms with Crippen molar-refractivity contribution in [1.29, 1.82) is 0 Å². The SMILES string of the molecule is CCOc1cc(CNCCc2ccccc2OC)c(Cl)cc1OCc1ccccc1. The second-order valence-corrected chi connectivity index (χ2v) is 7.24. The van der Waals surface area contributed by atoms with Crippen molar-refractivity contribution >= 4 is 11.6 Å². The topological polar surface area (TPSA) is 39.7 Å². The molecule has 0 unspecified atom stereocenters. The summed E-state index contributed by atoms with van der Waals surface area (Å²) in [6.07, 6.45) is 0.873. The highest BCUT2D eigenvalue weighted by Crippen LogP contribution is 2.34. The van der Waals surface area contributed by atoms with E-state index in [0.29, 0.717) is 36.3 Å². The van der Waals surface area contributed by atoms with Crippen LogP contribution in [0.5, 0.6) is 17.2 Å². The summed E-state index contributed by atoms with van der Waals surface area (Å²) in [6.45, 7) is 4.44. The molecule has 0 aliphatic rings. The van der Waals surface area contributed by atoms with Gasteiger partial charge in [0.15, 0.2) is 11.5 Å². The number of rotatable bonds is 11. The highest BCUT2D eigenvalue weighted by molar-refractivity contribution is 6.31. The van der Waals surface area contributed by atoms with Gasteiger partial charge in [0.2, 0.25) is 0 Å². The summed E-state index contributed by atoms with van der Waals surface area (Å²) in [7, 11) is 1.70. The van der Waals surface area contributed by atoms with Gasteiger partial charge in [-0.15, -0.1) is 0 Å². The summed E-state index contributed by atoms with van der Waals surface area (Å²) >= 11 is 6.53. The smallest absolute Gasteiger partial charge is 0.163 e. The van der Waals surface area contributed by atoms with Gasteiger partial charge in [0.05, 0.1) is 13.7 Å². The fraction of sp³-hybridized carbons (Fsp3) is 0.280. The molecule has 3 rings (SSSR count). The summed E-state index contributed by atoms with van der Waals surface area (Å²) in [5.74, 6) is 2.28. The third-order valence-electron chi connectivity index (χ3n) is 4.73. The number of ether oxygens (including phenoxy) is 3. The zero-order chi connectivity index (χ0) is 21.2. The van der Waals surface area contributed by atoms with Gasteiger partial charge in [-0.1, -0.05) is 60.1 Å². The minimum Gasteiger partial charge on any atom is -0.496 e. The lowest BCUT2D eigenvalue weighted by atomic mass is 10.1. The number of nitrogens with one attached hydrogen (secondary N) is 1. The van der Waals surface area contributed by atoms with Gasteiger partial charge in [-0.25, -0.2) is 0 Å². The van der Waals surface area contributed by atoms with Gasteiger partial charge in [0, 0.05) is 17.6 Å². The number of benzene rings is 3.